The average Bonchev–Trinajstić information content (AvgIpc) is 2.83. The van der Waals surface area contributed by atoms with Crippen LogP contribution in [0.1, 0.15) is 40.9 Å². The lowest BCUT2D eigenvalue weighted by Gasteiger charge is -2.16. The molecule has 0 aliphatic rings. The standard InChI is InChI=1S/C27H25NO4/c1-3-18-12-19(4-2)14-21(13-18)28-16-24(27(30)31)26(29)23-11-10-22(15-25(23)28)32-17-20-8-6-5-7-9-20/h5-16H,3-4,17H2,1-2H3,(H,30,31). The van der Waals surface area contributed by atoms with Crippen molar-refractivity contribution in [3.05, 3.63) is 105 Å². The first-order chi connectivity index (χ1) is 15.5. The van der Waals surface area contributed by atoms with E-state index < -0.39 is 11.4 Å². The monoisotopic (exact) mass is 427 g/mol. The molecule has 0 spiro atoms. The molecule has 0 atom stereocenters. The molecule has 1 aromatic heterocycles. The van der Waals surface area contributed by atoms with Gasteiger partial charge < -0.3 is 14.4 Å². The summed E-state index contributed by atoms with van der Waals surface area (Å²) in [5.74, 6) is -0.627. The van der Waals surface area contributed by atoms with E-state index in [2.05, 4.69) is 19.9 Å². The number of ether oxygens (including phenoxy) is 1. The third-order valence-electron chi connectivity index (χ3n) is 5.59. The maximum absolute atomic E-state index is 12.9. The minimum atomic E-state index is -1.24. The van der Waals surface area contributed by atoms with Crippen molar-refractivity contribution in [2.45, 2.75) is 33.3 Å². The van der Waals surface area contributed by atoms with Crippen LogP contribution in [0.25, 0.3) is 16.6 Å². The number of aromatic nitrogens is 1. The van der Waals surface area contributed by atoms with E-state index in [1.165, 1.54) is 6.20 Å². The summed E-state index contributed by atoms with van der Waals surface area (Å²) in [5.41, 5.74) is 4.03. The summed E-state index contributed by atoms with van der Waals surface area (Å²) >= 11 is 0. The number of hydrogen-bond donors (Lipinski definition) is 1. The largest absolute Gasteiger partial charge is 0.489 e. The molecular formula is C27H25NO4. The molecule has 0 aliphatic heterocycles. The second-order valence-corrected chi connectivity index (χ2v) is 7.72. The van der Waals surface area contributed by atoms with Crippen LogP contribution in [-0.4, -0.2) is 15.6 Å². The third kappa shape index (κ3) is 4.28. The number of fused-ring (bicyclic) bond motifs is 1. The van der Waals surface area contributed by atoms with Gasteiger partial charge in [0.25, 0.3) is 0 Å². The van der Waals surface area contributed by atoms with Gasteiger partial charge in [-0.25, -0.2) is 4.79 Å². The number of hydrogen-bond acceptors (Lipinski definition) is 3. The van der Waals surface area contributed by atoms with Crippen molar-refractivity contribution in [2.24, 2.45) is 0 Å². The predicted molar refractivity (Wildman–Crippen MR) is 126 cm³/mol. The van der Waals surface area contributed by atoms with Crippen molar-refractivity contribution in [2.75, 3.05) is 0 Å². The lowest BCUT2D eigenvalue weighted by Crippen LogP contribution is -2.18. The number of aryl methyl sites for hydroxylation is 2. The van der Waals surface area contributed by atoms with Crippen molar-refractivity contribution in [1.29, 1.82) is 0 Å². The van der Waals surface area contributed by atoms with E-state index in [0.29, 0.717) is 23.3 Å². The molecule has 4 rings (SSSR count). The Kier molecular flexibility index (Phi) is 6.08. The molecule has 3 aromatic carbocycles. The summed E-state index contributed by atoms with van der Waals surface area (Å²) < 4.78 is 7.75. The highest BCUT2D eigenvalue weighted by Gasteiger charge is 2.16. The number of rotatable bonds is 7. The van der Waals surface area contributed by atoms with E-state index in [0.717, 1.165) is 35.2 Å². The maximum Gasteiger partial charge on any atom is 0.341 e. The second-order valence-electron chi connectivity index (χ2n) is 7.72. The molecule has 1 N–H and O–H groups in total. The quantitative estimate of drug-likeness (QED) is 0.429. The number of carboxylic acids is 1. The molecule has 5 nitrogen and oxygen atoms in total. The Labute approximate surface area is 186 Å². The lowest BCUT2D eigenvalue weighted by atomic mass is 10.0. The molecular weight excluding hydrogens is 402 g/mol. The average molecular weight is 428 g/mol. The highest BCUT2D eigenvalue weighted by molar-refractivity contribution is 5.93. The molecule has 0 saturated heterocycles. The Morgan fingerprint density at radius 3 is 2.22 bits per heavy atom. The van der Waals surface area contributed by atoms with Crippen LogP contribution in [0, 0.1) is 0 Å². The van der Waals surface area contributed by atoms with Gasteiger partial charge in [0.2, 0.25) is 5.43 Å². The Bertz CT molecular complexity index is 1320. The minimum absolute atomic E-state index is 0.254. The van der Waals surface area contributed by atoms with E-state index in [1.807, 2.05) is 42.5 Å². The summed E-state index contributed by atoms with van der Waals surface area (Å²) in [6.45, 7) is 4.57. The fourth-order valence-electron chi connectivity index (χ4n) is 3.79. The van der Waals surface area contributed by atoms with Crippen molar-refractivity contribution in [1.82, 2.24) is 4.57 Å². The maximum atomic E-state index is 12.9. The van der Waals surface area contributed by atoms with Crippen LogP contribution in [0.15, 0.2) is 77.7 Å². The second kappa shape index (κ2) is 9.10. The molecule has 0 unspecified atom stereocenters. The third-order valence-corrected chi connectivity index (χ3v) is 5.59. The van der Waals surface area contributed by atoms with Crippen LogP contribution < -0.4 is 10.2 Å². The zero-order valence-corrected chi connectivity index (χ0v) is 18.2. The van der Waals surface area contributed by atoms with Crippen molar-refractivity contribution in [3.8, 4) is 11.4 Å². The molecule has 0 fully saturated rings. The Morgan fingerprint density at radius 1 is 0.906 bits per heavy atom. The van der Waals surface area contributed by atoms with E-state index in [1.54, 1.807) is 22.8 Å². The molecule has 1 heterocycles. The van der Waals surface area contributed by atoms with Crippen LogP contribution in [0.4, 0.5) is 0 Å². The van der Waals surface area contributed by atoms with Crippen LogP contribution in [0.5, 0.6) is 5.75 Å². The van der Waals surface area contributed by atoms with Crippen molar-refractivity contribution < 1.29 is 14.6 Å². The number of carboxylic acid groups (broad SMARTS) is 1. The molecule has 0 aliphatic carbocycles. The van der Waals surface area contributed by atoms with Crippen LogP contribution >= 0.6 is 0 Å². The summed E-state index contributed by atoms with van der Waals surface area (Å²) in [6.07, 6.45) is 3.13. The number of carbonyl (C=O) groups is 1. The van der Waals surface area contributed by atoms with Gasteiger partial charge in [0, 0.05) is 23.3 Å². The normalized spacial score (nSPS) is 10.9. The first-order valence-corrected chi connectivity index (χ1v) is 10.7. The highest BCUT2D eigenvalue weighted by atomic mass is 16.5. The van der Waals surface area contributed by atoms with E-state index in [-0.39, 0.29) is 5.56 Å². The van der Waals surface area contributed by atoms with Gasteiger partial charge >= 0.3 is 5.97 Å². The van der Waals surface area contributed by atoms with Gasteiger partial charge in [0.15, 0.2) is 0 Å². The van der Waals surface area contributed by atoms with Gasteiger partial charge in [-0.3, -0.25) is 4.79 Å². The fourth-order valence-corrected chi connectivity index (χ4v) is 3.79. The van der Waals surface area contributed by atoms with Gasteiger partial charge in [-0.2, -0.15) is 0 Å². The minimum Gasteiger partial charge on any atom is -0.489 e. The topological polar surface area (TPSA) is 68.5 Å². The van der Waals surface area contributed by atoms with E-state index >= 15 is 0 Å². The molecule has 162 valence electrons. The summed E-state index contributed by atoms with van der Waals surface area (Å²) in [6, 6.07) is 21.2. The van der Waals surface area contributed by atoms with Gasteiger partial charge in [-0.15, -0.1) is 0 Å². The first-order valence-electron chi connectivity index (χ1n) is 10.7. The number of pyridine rings is 1. The first kappa shape index (κ1) is 21.4. The van der Waals surface area contributed by atoms with Crippen molar-refractivity contribution in [3.63, 3.8) is 0 Å². The molecule has 5 heteroatoms. The van der Waals surface area contributed by atoms with E-state index in [4.69, 9.17) is 4.74 Å². The Balaban J connectivity index is 1.88. The molecule has 0 amide bonds. The van der Waals surface area contributed by atoms with E-state index in [9.17, 15) is 14.7 Å². The molecule has 0 bridgehead atoms. The number of nitrogens with zero attached hydrogens (tertiary/aromatic N) is 1. The zero-order chi connectivity index (χ0) is 22.7. The zero-order valence-electron chi connectivity index (χ0n) is 18.2. The molecule has 32 heavy (non-hydrogen) atoms. The fraction of sp³-hybridized carbons (Fsp3) is 0.185. The van der Waals surface area contributed by atoms with Gasteiger partial charge in [-0.05, 0) is 53.8 Å². The highest BCUT2D eigenvalue weighted by Crippen LogP contribution is 2.25. The molecule has 4 aromatic rings. The van der Waals surface area contributed by atoms with Crippen LogP contribution in [0.3, 0.4) is 0 Å². The van der Waals surface area contributed by atoms with Crippen LogP contribution in [0.2, 0.25) is 0 Å². The summed E-state index contributed by atoms with van der Waals surface area (Å²) in [5, 5.41) is 9.97. The molecule has 0 radical (unpaired) electrons. The number of aromatic carboxylic acids is 1. The Hall–Kier alpha value is -3.86. The number of benzene rings is 3. The smallest absolute Gasteiger partial charge is 0.341 e. The SMILES string of the molecule is CCc1cc(CC)cc(-n2cc(C(=O)O)c(=O)c3ccc(OCc4ccccc4)cc32)c1. The summed E-state index contributed by atoms with van der Waals surface area (Å²) in [4.78, 5) is 24.6. The van der Waals surface area contributed by atoms with Gasteiger partial charge in [-0.1, -0.05) is 50.2 Å². The van der Waals surface area contributed by atoms with Gasteiger partial charge in [0.1, 0.15) is 17.9 Å². The van der Waals surface area contributed by atoms with Gasteiger partial charge in [0.05, 0.1) is 5.52 Å². The van der Waals surface area contributed by atoms with Crippen molar-refractivity contribution >= 4 is 16.9 Å². The lowest BCUT2D eigenvalue weighted by molar-refractivity contribution is 0.0695. The predicted octanol–water partition coefficient (Wildman–Crippen LogP) is 5.39. The summed E-state index contributed by atoms with van der Waals surface area (Å²) in [7, 11) is 0. The van der Waals surface area contributed by atoms with Crippen LogP contribution in [-0.2, 0) is 19.4 Å². The Morgan fingerprint density at radius 2 is 1.59 bits per heavy atom. The molecule has 0 saturated carbocycles.